The third-order valence-corrected chi connectivity index (χ3v) is 4.98. The molecule has 2 aromatic rings. The molecule has 144 valence electrons. The lowest BCUT2D eigenvalue weighted by molar-refractivity contribution is 0.0434. The molecule has 0 aliphatic carbocycles. The molecule has 3 rings (SSSR count). The number of nitrogens with zero attached hydrogens (tertiary/aromatic N) is 2. The van der Waals surface area contributed by atoms with Gasteiger partial charge in [-0.1, -0.05) is 17.7 Å². The first-order valence-electron chi connectivity index (χ1n) is 10.2. The Bertz CT molecular complexity index is 901. The number of aryl methyl sites for hydroxylation is 1. The molecule has 7 heteroatoms. The zero-order valence-corrected chi connectivity index (χ0v) is 15.4. The number of amides is 1. The molecule has 1 aromatic carbocycles. The summed E-state index contributed by atoms with van der Waals surface area (Å²) >= 11 is 5.73. The predicted molar refractivity (Wildman–Crippen MR) is 101 cm³/mol. The fraction of sp³-hybridized carbons (Fsp3) is 0.400. The maximum Gasteiger partial charge on any atom is 0.253 e. The van der Waals surface area contributed by atoms with Crippen LogP contribution in [0.15, 0.2) is 36.5 Å². The van der Waals surface area contributed by atoms with Crippen molar-refractivity contribution in [1.82, 2.24) is 15.2 Å². The molecule has 0 bridgehead atoms. The van der Waals surface area contributed by atoms with E-state index < -0.39 is 18.3 Å². The minimum atomic E-state index is -2.20. The Kier molecular flexibility index (Phi) is 4.91. The fourth-order valence-electron chi connectivity index (χ4n) is 3.04. The second kappa shape index (κ2) is 8.31. The fourth-order valence-corrected chi connectivity index (χ4v) is 3.22. The molecule has 1 aliphatic rings. The molecule has 0 unspecified atom stereocenters. The molecule has 1 N–H and O–H groups in total. The number of benzene rings is 1. The average Bonchev–Trinajstić information content (AvgIpc) is 2.70. The molecular weight excluding hydrogens is 372 g/mol. The van der Waals surface area contributed by atoms with Gasteiger partial charge in [0.2, 0.25) is 0 Å². The van der Waals surface area contributed by atoms with Crippen LogP contribution >= 0.6 is 11.6 Å². The van der Waals surface area contributed by atoms with Crippen molar-refractivity contribution in [2.75, 3.05) is 19.6 Å². The van der Waals surface area contributed by atoms with Gasteiger partial charge in [0.1, 0.15) is 11.5 Å². The van der Waals surface area contributed by atoms with Crippen LogP contribution in [0.4, 0.5) is 8.78 Å². The lowest BCUT2D eigenvalue weighted by Crippen LogP contribution is -2.48. The van der Waals surface area contributed by atoms with Crippen LogP contribution in [-0.4, -0.2) is 41.1 Å². The number of hydrogen-bond acceptors (Lipinski definition) is 3. The number of pyridine rings is 1. The van der Waals surface area contributed by atoms with Crippen LogP contribution < -0.4 is 5.32 Å². The van der Waals surface area contributed by atoms with E-state index in [-0.39, 0.29) is 54.5 Å². The van der Waals surface area contributed by atoms with Gasteiger partial charge in [0.05, 0.1) is 10.7 Å². The summed E-state index contributed by atoms with van der Waals surface area (Å²) in [5.74, 6) is -0.895. The number of carbonyl (C=O) groups is 1. The van der Waals surface area contributed by atoms with Crippen LogP contribution in [-0.2, 0) is 6.54 Å². The first-order chi connectivity index (χ1) is 14.1. The van der Waals surface area contributed by atoms with Crippen LogP contribution in [0.5, 0.6) is 0 Å². The van der Waals surface area contributed by atoms with Gasteiger partial charge in [-0.05, 0) is 36.7 Å². The number of aromatic nitrogens is 1. The van der Waals surface area contributed by atoms with Gasteiger partial charge in [-0.3, -0.25) is 9.78 Å². The minimum absolute atomic E-state index is 0.0973. The number of likely N-dealkylation sites (tertiary alicyclic amines) is 1. The van der Waals surface area contributed by atoms with Gasteiger partial charge < -0.3 is 10.2 Å². The highest BCUT2D eigenvalue weighted by molar-refractivity contribution is 6.31. The highest BCUT2D eigenvalue weighted by Crippen LogP contribution is 2.27. The number of piperidine rings is 1. The number of halogens is 3. The number of nitrogens with one attached hydrogen (secondary N) is 1. The topological polar surface area (TPSA) is 45.2 Å². The van der Waals surface area contributed by atoms with Crippen molar-refractivity contribution in [2.45, 2.75) is 31.9 Å². The van der Waals surface area contributed by atoms with Crippen LogP contribution in [0.3, 0.4) is 0 Å². The maximum absolute atomic E-state index is 15.1. The molecular formula is C20H22ClF2N3O. The van der Waals surface area contributed by atoms with Gasteiger partial charge >= 0.3 is 0 Å². The Morgan fingerprint density at radius 1 is 1.37 bits per heavy atom. The van der Waals surface area contributed by atoms with Gasteiger partial charge in [0.25, 0.3) is 5.91 Å². The van der Waals surface area contributed by atoms with Gasteiger partial charge in [-0.15, -0.1) is 0 Å². The standard InChI is InChI=1S/C20H22ClF2N3O/c1-14-2-4-16(25-11-14)12-24-13-20(23)6-8-26(9-7-20)19(27)15-3-5-18(22)17(21)10-15/h2-5,10-11,24H,6-9,12-13H2,1H3/i1D3. The first kappa shape index (κ1) is 16.0. The molecule has 1 saturated heterocycles. The van der Waals surface area contributed by atoms with Crippen LogP contribution in [0, 0.1) is 12.7 Å². The number of carbonyl (C=O) groups excluding carboxylic acids is 1. The first-order valence-corrected chi connectivity index (χ1v) is 9.05. The summed E-state index contributed by atoms with van der Waals surface area (Å²) < 4.78 is 50.4. The molecule has 1 amide bonds. The third kappa shape index (κ3) is 5.02. The summed E-state index contributed by atoms with van der Waals surface area (Å²) in [6, 6.07) is 6.89. The van der Waals surface area contributed by atoms with Crippen molar-refractivity contribution in [1.29, 1.82) is 0 Å². The van der Waals surface area contributed by atoms with Crippen molar-refractivity contribution >= 4 is 17.5 Å². The van der Waals surface area contributed by atoms with Crippen LogP contribution in [0.25, 0.3) is 0 Å². The van der Waals surface area contributed by atoms with E-state index in [4.69, 9.17) is 15.7 Å². The summed E-state index contributed by atoms with van der Waals surface area (Å²) in [6.45, 7) is -1.30. The van der Waals surface area contributed by atoms with Gasteiger partial charge in [0, 0.05) is 54.9 Å². The Labute approximate surface area is 166 Å². The van der Waals surface area contributed by atoms with E-state index in [0.717, 1.165) is 6.07 Å². The zero-order valence-electron chi connectivity index (χ0n) is 17.6. The van der Waals surface area contributed by atoms with Gasteiger partial charge in [-0.2, -0.15) is 0 Å². The summed E-state index contributed by atoms with van der Waals surface area (Å²) in [7, 11) is 0. The largest absolute Gasteiger partial charge is 0.338 e. The highest BCUT2D eigenvalue weighted by atomic mass is 35.5. The molecule has 0 saturated carbocycles. The molecule has 4 nitrogen and oxygen atoms in total. The Morgan fingerprint density at radius 2 is 2.15 bits per heavy atom. The van der Waals surface area contributed by atoms with Gasteiger partial charge in [-0.25, -0.2) is 8.78 Å². The summed E-state index contributed by atoms with van der Waals surface area (Å²) in [5, 5.41) is 2.90. The van der Waals surface area contributed by atoms with Gasteiger partial charge in [0.15, 0.2) is 0 Å². The Hall–Kier alpha value is -2.05. The molecule has 1 aliphatic heterocycles. The molecule has 0 atom stereocenters. The third-order valence-electron chi connectivity index (χ3n) is 4.69. The number of alkyl halides is 1. The average molecular weight is 397 g/mol. The number of hydrogen-bond donors (Lipinski definition) is 1. The SMILES string of the molecule is [2H]C([2H])([2H])c1ccc(CNCC2(F)CCN(C(=O)c3ccc(F)c(Cl)c3)CC2)nc1. The normalized spacial score (nSPS) is 18.5. The van der Waals surface area contributed by atoms with E-state index in [1.54, 1.807) is 6.07 Å². The highest BCUT2D eigenvalue weighted by Gasteiger charge is 2.35. The van der Waals surface area contributed by atoms with E-state index in [1.807, 2.05) is 0 Å². The van der Waals surface area contributed by atoms with Crippen LogP contribution in [0.1, 0.15) is 38.6 Å². The van der Waals surface area contributed by atoms with E-state index in [1.165, 1.54) is 29.3 Å². The van der Waals surface area contributed by atoms with Crippen LogP contribution in [0.2, 0.25) is 5.02 Å². The summed E-state index contributed by atoms with van der Waals surface area (Å²) in [6.07, 6.45) is 1.65. The quantitative estimate of drug-likeness (QED) is 0.833. The zero-order chi connectivity index (χ0) is 21.9. The maximum atomic E-state index is 15.1. The Morgan fingerprint density at radius 3 is 2.78 bits per heavy atom. The van der Waals surface area contributed by atoms with Crippen molar-refractivity contribution < 1.29 is 17.7 Å². The predicted octanol–water partition coefficient (Wildman–Crippen LogP) is 3.92. The molecule has 1 fully saturated rings. The van der Waals surface area contributed by atoms with Crippen molar-refractivity contribution in [3.63, 3.8) is 0 Å². The monoisotopic (exact) mass is 396 g/mol. The van der Waals surface area contributed by atoms with E-state index in [0.29, 0.717) is 12.2 Å². The van der Waals surface area contributed by atoms with Crippen molar-refractivity contribution in [3.05, 3.63) is 64.2 Å². The molecule has 27 heavy (non-hydrogen) atoms. The second-order valence-corrected chi connectivity index (χ2v) is 7.12. The molecule has 0 radical (unpaired) electrons. The molecule has 0 spiro atoms. The van der Waals surface area contributed by atoms with E-state index in [2.05, 4.69) is 10.3 Å². The van der Waals surface area contributed by atoms with Crippen molar-refractivity contribution in [3.8, 4) is 0 Å². The summed E-state index contributed by atoms with van der Waals surface area (Å²) in [5.41, 5.74) is -0.409. The van der Waals surface area contributed by atoms with E-state index in [9.17, 15) is 9.18 Å². The van der Waals surface area contributed by atoms with Crippen molar-refractivity contribution in [2.24, 2.45) is 0 Å². The molecule has 1 aromatic heterocycles. The molecule has 2 heterocycles. The second-order valence-electron chi connectivity index (χ2n) is 6.71. The summed E-state index contributed by atoms with van der Waals surface area (Å²) in [4.78, 5) is 18.2. The number of rotatable bonds is 5. The minimum Gasteiger partial charge on any atom is -0.338 e. The smallest absolute Gasteiger partial charge is 0.253 e. The lowest BCUT2D eigenvalue weighted by atomic mass is 9.92. The Balaban J connectivity index is 1.48. The van der Waals surface area contributed by atoms with E-state index >= 15 is 4.39 Å². The lowest BCUT2D eigenvalue weighted by Gasteiger charge is -2.36.